The highest BCUT2D eigenvalue weighted by atomic mass is 32.2. The van der Waals surface area contributed by atoms with E-state index in [1.54, 1.807) is 18.3 Å². The normalized spacial score (nSPS) is 18.4. The van der Waals surface area contributed by atoms with Crippen LogP contribution >= 0.6 is 0 Å². The van der Waals surface area contributed by atoms with Crippen LogP contribution in [-0.4, -0.2) is 27.6 Å². The number of nitrogens with one attached hydrogen (secondary N) is 2. The van der Waals surface area contributed by atoms with Crippen molar-refractivity contribution < 1.29 is 12.6 Å². The Hall–Kier alpha value is -0.990. The van der Waals surface area contributed by atoms with E-state index in [2.05, 4.69) is 14.4 Å². The average Bonchev–Trinajstić information content (AvgIpc) is 3.28. The number of nitrogens with zero attached hydrogens (tertiary/aromatic N) is 1. The van der Waals surface area contributed by atoms with Crippen LogP contribution in [0.5, 0.6) is 0 Å². The predicted molar refractivity (Wildman–Crippen MR) is 93.9 cm³/mol. The van der Waals surface area contributed by atoms with E-state index in [0.29, 0.717) is 17.8 Å². The molecule has 0 radical (unpaired) electrons. The highest BCUT2D eigenvalue weighted by molar-refractivity contribution is 7.93. The summed E-state index contributed by atoms with van der Waals surface area (Å²) >= 11 is 0. The largest absolute Gasteiger partial charge is 0.283 e. The van der Waals surface area contributed by atoms with Crippen molar-refractivity contribution in [1.29, 1.82) is 0 Å². The first kappa shape index (κ1) is 18.4. The molecule has 1 heterocycles. The quantitative estimate of drug-likeness (QED) is 0.783. The van der Waals surface area contributed by atoms with Gasteiger partial charge in [0.2, 0.25) is 10.0 Å². The first-order valence-corrected chi connectivity index (χ1v) is 10.5. The average molecular weight is 360 g/mol. The first-order chi connectivity index (χ1) is 10.6. The molecule has 0 bridgehead atoms. The maximum absolute atomic E-state index is 12.3. The van der Waals surface area contributed by atoms with Crippen LogP contribution in [-0.2, 0) is 21.0 Å². The summed E-state index contributed by atoms with van der Waals surface area (Å²) in [6.07, 6.45) is 3.71. The lowest BCUT2D eigenvalue weighted by atomic mass is 10.1. The Bertz CT molecular complexity index is 679. The summed E-state index contributed by atoms with van der Waals surface area (Å²) in [4.78, 5) is 4.30. The molecule has 0 saturated heterocycles. The van der Waals surface area contributed by atoms with Crippen LogP contribution in [0.4, 0.5) is 5.69 Å². The molecule has 1 fully saturated rings. The Morgan fingerprint density at radius 2 is 2.04 bits per heavy atom. The monoisotopic (exact) mass is 359 g/mol. The fourth-order valence-corrected chi connectivity index (χ4v) is 4.27. The molecular formula is C15H25N3O3S2. The second kappa shape index (κ2) is 6.86. The van der Waals surface area contributed by atoms with Crippen molar-refractivity contribution in [3.63, 3.8) is 0 Å². The second-order valence-corrected chi connectivity index (χ2v) is 10.7. The zero-order valence-electron chi connectivity index (χ0n) is 14.0. The van der Waals surface area contributed by atoms with Gasteiger partial charge in [-0.25, -0.2) is 17.3 Å². The number of hydrogen-bond acceptors (Lipinski definition) is 4. The Kier molecular flexibility index (Phi) is 5.48. The lowest BCUT2D eigenvalue weighted by molar-refractivity contribution is 0.580. The Morgan fingerprint density at radius 1 is 1.39 bits per heavy atom. The summed E-state index contributed by atoms with van der Waals surface area (Å²) < 4.78 is 41.6. The van der Waals surface area contributed by atoms with E-state index in [0.717, 1.165) is 12.8 Å². The molecule has 2 rings (SSSR count). The molecule has 2 N–H and O–H groups in total. The molecule has 2 unspecified atom stereocenters. The van der Waals surface area contributed by atoms with Crippen LogP contribution < -0.4 is 9.44 Å². The molecule has 1 saturated carbocycles. The maximum atomic E-state index is 12.3. The lowest BCUT2D eigenvalue weighted by Crippen LogP contribution is -2.35. The summed E-state index contributed by atoms with van der Waals surface area (Å²) in [5.41, 5.74) is 1.18. The highest BCUT2D eigenvalue weighted by Gasteiger charge is 2.35. The third-order valence-electron chi connectivity index (χ3n) is 3.58. The van der Waals surface area contributed by atoms with E-state index in [1.807, 2.05) is 27.7 Å². The number of rotatable bonds is 7. The van der Waals surface area contributed by atoms with Crippen LogP contribution in [0.1, 0.15) is 58.7 Å². The fourth-order valence-electron chi connectivity index (χ4n) is 1.99. The predicted octanol–water partition coefficient (Wildman–Crippen LogP) is 2.49. The van der Waals surface area contributed by atoms with Gasteiger partial charge in [-0.05, 0) is 52.2 Å². The van der Waals surface area contributed by atoms with Gasteiger partial charge in [0.1, 0.15) is 0 Å². The zero-order valence-corrected chi connectivity index (χ0v) is 15.6. The Labute approximate surface area is 141 Å². The molecule has 1 aromatic rings. The third kappa shape index (κ3) is 4.99. The van der Waals surface area contributed by atoms with E-state index >= 15 is 0 Å². The lowest BCUT2D eigenvalue weighted by Gasteiger charge is -2.23. The summed E-state index contributed by atoms with van der Waals surface area (Å²) in [5.74, 6) is 0. The topological polar surface area (TPSA) is 88.2 Å². The van der Waals surface area contributed by atoms with E-state index in [9.17, 15) is 12.6 Å². The number of aromatic nitrogens is 1. The molecule has 1 aromatic heterocycles. The minimum absolute atomic E-state index is 0.194. The van der Waals surface area contributed by atoms with Gasteiger partial charge in [-0.3, -0.25) is 9.71 Å². The van der Waals surface area contributed by atoms with E-state index in [4.69, 9.17) is 0 Å². The molecule has 0 aliphatic heterocycles. The van der Waals surface area contributed by atoms with E-state index in [1.165, 1.54) is 0 Å². The molecule has 0 aromatic carbocycles. The Morgan fingerprint density at radius 3 is 2.57 bits per heavy atom. The second-order valence-electron chi connectivity index (χ2n) is 6.78. The van der Waals surface area contributed by atoms with Crippen LogP contribution in [0.2, 0.25) is 0 Å². The van der Waals surface area contributed by atoms with Gasteiger partial charge in [0.25, 0.3) is 0 Å². The smallest absolute Gasteiger partial charge is 0.235 e. The van der Waals surface area contributed by atoms with Gasteiger partial charge in [-0.1, -0.05) is 6.92 Å². The number of anilines is 1. The minimum Gasteiger partial charge on any atom is -0.283 e. The van der Waals surface area contributed by atoms with Gasteiger partial charge in [0.05, 0.1) is 38.4 Å². The fraction of sp³-hybridized carbons (Fsp3) is 0.667. The molecular weight excluding hydrogens is 334 g/mol. The van der Waals surface area contributed by atoms with Crippen LogP contribution in [0, 0.1) is 0 Å². The maximum Gasteiger partial charge on any atom is 0.235 e. The van der Waals surface area contributed by atoms with Crippen LogP contribution in [0.3, 0.4) is 0 Å². The standard InChI is InChI=1S/C15H25N3O3S2/c1-5-13(17-22(19)15(2,3)4)14-10-11(8-9-16-14)18-23(20,21)12-6-7-12/h8-10,12-13,17H,5-7H2,1-4H3,(H,16,18). The molecule has 0 amide bonds. The number of pyridine rings is 1. The summed E-state index contributed by atoms with van der Waals surface area (Å²) in [5, 5.41) is -0.271. The molecule has 8 heteroatoms. The Balaban J connectivity index is 2.15. The van der Waals surface area contributed by atoms with Crippen molar-refractivity contribution in [3.05, 3.63) is 24.0 Å². The van der Waals surface area contributed by atoms with Crippen LogP contribution in [0.25, 0.3) is 0 Å². The van der Waals surface area contributed by atoms with Gasteiger partial charge in [0, 0.05) is 6.20 Å². The van der Waals surface area contributed by atoms with Crippen molar-refractivity contribution in [1.82, 2.24) is 9.71 Å². The summed E-state index contributed by atoms with van der Waals surface area (Å²) in [7, 11) is -4.51. The SMILES string of the molecule is CCC(NS(=O)C(C)(C)C)c1cc(NS(=O)(=O)C2CC2)ccn1. The molecule has 6 nitrogen and oxygen atoms in total. The van der Waals surface area contributed by atoms with Crippen molar-refractivity contribution in [3.8, 4) is 0 Å². The van der Waals surface area contributed by atoms with Gasteiger partial charge in [-0.2, -0.15) is 0 Å². The van der Waals surface area contributed by atoms with Crippen molar-refractivity contribution in [2.75, 3.05) is 4.72 Å². The highest BCUT2D eigenvalue weighted by Crippen LogP contribution is 2.30. The summed E-state index contributed by atoms with van der Waals surface area (Å²) in [6, 6.07) is 3.15. The molecule has 0 spiro atoms. The molecule has 130 valence electrons. The van der Waals surface area contributed by atoms with Crippen molar-refractivity contribution in [2.24, 2.45) is 0 Å². The first-order valence-electron chi connectivity index (χ1n) is 7.79. The zero-order chi connectivity index (χ0) is 17.3. The molecule has 1 aliphatic carbocycles. The van der Waals surface area contributed by atoms with E-state index < -0.39 is 21.0 Å². The molecule has 1 aliphatic rings. The summed E-state index contributed by atoms with van der Waals surface area (Å²) in [6.45, 7) is 7.67. The molecule has 2 atom stereocenters. The van der Waals surface area contributed by atoms with Crippen LogP contribution in [0.15, 0.2) is 18.3 Å². The van der Waals surface area contributed by atoms with Crippen molar-refractivity contribution >= 4 is 26.7 Å². The van der Waals surface area contributed by atoms with E-state index in [-0.39, 0.29) is 16.0 Å². The van der Waals surface area contributed by atoms with Gasteiger partial charge in [0.15, 0.2) is 0 Å². The van der Waals surface area contributed by atoms with Crippen molar-refractivity contribution in [2.45, 2.75) is 63.0 Å². The molecule has 23 heavy (non-hydrogen) atoms. The minimum atomic E-state index is -3.29. The third-order valence-corrected chi connectivity index (χ3v) is 7.06. The number of sulfonamides is 1. The van der Waals surface area contributed by atoms with Gasteiger partial charge in [-0.15, -0.1) is 0 Å². The van der Waals surface area contributed by atoms with Gasteiger partial charge >= 0.3 is 0 Å². The number of hydrogen-bond donors (Lipinski definition) is 2. The van der Waals surface area contributed by atoms with Gasteiger partial charge < -0.3 is 0 Å².